The number of carbonyl (C=O) groups is 2. The van der Waals surface area contributed by atoms with Gasteiger partial charge in [0.2, 0.25) is 5.91 Å². The molecule has 2 amide bonds. The van der Waals surface area contributed by atoms with E-state index in [1.807, 2.05) is 18.2 Å². The molecule has 1 aliphatic rings. The Bertz CT molecular complexity index is 488. The first kappa shape index (κ1) is 13.4. The molecular formula is C13H17N3O3. The minimum atomic E-state index is -0.141. The third-order valence-electron chi connectivity index (χ3n) is 2.81. The van der Waals surface area contributed by atoms with Crippen LogP contribution in [-0.4, -0.2) is 25.5 Å². The number of carbonyl (C=O) groups excluding carboxylic acids is 2. The number of ether oxygens (including phenoxy) is 1. The number of fused-ring (bicyclic) bond motifs is 1. The fourth-order valence-corrected chi connectivity index (χ4v) is 1.94. The first-order valence-corrected chi connectivity index (χ1v) is 6.20. The predicted octanol–water partition coefficient (Wildman–Crippen LogP) is 0.591. The molecule has 19 heavy (non-hydrogen) atoms. The van der Waals surface area contributed by atoms with Gasteiger partial charge in [0.15, 0.2) is 6.61 Å². The molecule has 6 nitrogen and oxygen atoms in total. The van der Waals surface area contributed by atoms with E-state index in [0.29, 0.717) is 17.9 Å². The fraction of sp³-hybridized carbons (Fsp3) is 0.385. The topological polar surface area (TPSA) is 79.5 Å². The Morgan fingerprint density at radius 1 is 1.47 bits per heavy atom. The monoisotopic (exact) mass is 263 g/mol. The number of anilines is 1. The van der Waals surface area contributed by atoms with Gasteiger partial charge in [-0.05, 0) is 30.5 Å². The molecule has 2 rings (SSSR count). The van der Waals surface area contributed by atoms with Crippen LogP contribution in [0.15, 0.2) is 18.2 Å². The zero-order valence-corrected chi connectivity index (χ0v) is 10.8. The molecule has 0 spiro atoms. The van der Waals surface area contributed by atoms with Crippen LogP contribution in [0.1, 0.15) is 18.4 Å². The zero-order valence-electron chi connectivity index (χ0n) is 10.8. The molecule has 102 valence electrons. The number of benzene rings is 1. The summed E-state index contributed by atoms with van der Waals surface area (Å²) in [6.07, 6.45) is 1.99. The molecule has 0 aromatic heterocycles. The minimum Gasteiger partial charge on any atom is -0.482 e. The lowest BCUT2D eigenvalue weighted by Crippen LogP contribution is -2.33. The lowest BCUT2D eigenvalue weighted by molar-refractivity contribution is -0.122. The van der Waals surface area contributed by atoms with E-state index in [4.69, 9.17) is 4.74 Å². The normalized spacial score (nSPS) is 13.2. The standard InChI is InChI=1S/C13H17N3O3/c1-14-16-12(17)4-2-3-9-5-6-11-10(7-9)15-13(18)8-19-11/h5-7,14H,2-4,8H2,1H3,(H,15,18)(H,16,17). The van der Waals surface area contributed by atoms with Gasteiger partial charge in [-0.25, -0.2) is 5.43 Å². The summed E-state index contributed by atoms with van der Waals surface area (Å²) in [5.41, 5.74) is 6.89. The van der Waals surface area contributed by atoms with Gasteiger partial charge in [0.05, 0.1) is 5.69 Å². The third kappa shape index (κ3) is 3.69. The molecule has 0 saturated carbocycles. The van der Waals surface area contributed by atoms with Gasteiger partial charge in [-0.1, -0.05) is 6.07 Å². The molecular weight excluding hydrogens is 246 g/mol. The van der Waals surface area contributed by atoms with Gasteiger partial charge in [-0.15, -0.1) is 0 Å². The number of amides is 2. The van der Waals surface area contributed by atoms with Crippen molar-refractivity contribution >= 4 is 17.5 Å². The highest BCUT2D eigenvalue weighted by molar-refractivity contribution is 5.95. The summed E-state index contributed by atoms with van der Waals surface area (Å²) in [5, 5.41) is 2.77. The second-order valence-electron chi connectivity index (χ2n) is 4.32. The number of hydrazine groups is 1. The van der Waals surface area contributed by atoms with Crippen molar-refractivity contribution in [1.29, 1.82) is 0 Å². The summed E-state index contributed by atoms with van der Waals surface area (Å²) in [4.78, 5) is 22.5. The van der Waals surface area contributed by atoms with Crippen molar-refractivity contribution in [2.75, 3.05) is 19.0 Å². The van der Waals surface area contributed by atoms with Crippen molar-refractivity contribution in [2.24, 2.45) is 0 Å². The summed E-state index contributed by atoms with van der Waals surface area (Å²) in [6.45, 7) is 0.0660. The van der Waals surface area contributed by atoms with Crippen molar-refractivity contribution in [3.05, 3.63) is 23.8 Å². The Kier molecular flexibility index (Phi) is 4.35. The summed E-state index contributed by atoms with van der Waals surface area (Å²) in [6, 6.07) is 5.69. The molecule has 0 saturated heterocycles. The molecule has 1 aromatic carbocycles. The highest BCUT2D eigenvalue weighted by Gasteiger charge is 2.15. The van der Waals surface area contributed by atoms with Crippen LogP contribution in [0.25, 0.3) is 0 Å². The van der Waals surface area contributed by atoms with Gasteiger partial charge in [0.1, 0.15) is 5.75 Å². The van der Waals surface area contributed by atoms with Crippen LogP contribution < -0.4 is 20.9 Å². The highest BCUT2D eigenvalue weighted by Crippen LogP contribution is 2.28. The average Bonchev–Trinajstić information content (AvgIpc) is 2.38. The van der Waals surface area contributed by atoms with Crippen molar-refractivity contribution in [3.8, 4) is 5.75 Å². The maximum atomic E-state index is 11.3. The first-order chi connectivity index (χ1) is 9.19. The molecule has 1 heterocycles. The molecule has 6 heteroatoms. The predicted molar refractivity (Wildman–Crippen MR) is 70.7 cm³/mol. The Balaban J connectivity index is 1.89. The van der Waals surface area contributed by atoms with Gasteiger partial charge < -0.3 is 10.1 Å². The number of hydrogen-bond acceptors (Lipinski definition) is 4. The van der Waals surface area contributed by atoms with Crippen LogP contribution in [0.2, 0.25) is 0 Å². The number of nitrogens with one attached hydrogen (secondary N) is 3. The van der Waals surface area contributed by atoms with Crippen molar-refractivity contribution in [3.63, 3.8) is 0 Å². The van der Waals surface area contributed by atoms with E-state index in [9.17, 15) is 9.59 Å². The van der Waals surface area contributed by atoms with Crippen LogP contribution in [0.5, 0.6) is 5.75 Å². The molecule has 3 N–H and O–H groups in total. The van der Waals surface area contributed by atoms with Crippen molar-refractivity contribution in [2.45, 2.75) is 19.3 Å². The van der Waals surface area contributed by atoms with Gasteiger partial charge in [0.25, 0.3) is 5.91 Å². The van der Waals surface area contributed by atoms with Crippen molar-refractivity contribution in [1.82, 2.24) is 10.9 Å². The molecule has 1 aliphatic heterocycles. The maximum absolute atomic E-state index is 11.3. The summed E-state index contributed by atoms with van der Waals surface area (Å²) >= 11 is 0. The molecule has 0 bridgehead atoms. The second-order valence-corrected chi connectivity index (χ2v) is 4.32. The van der Waals surface area contributed by atoms with Gasteiger partial charge in [0, 0.05) is 13.5 Å². The number of rotatable bonds is 5. The molecule has 0 aliphatic carbocycles. The Morgan fingerprint density at radius 3 is 3.11 bits per heavy atom. The van der Waals surface area contributed by atoms with E-state index in [0.717, 1.165) is 18.4 Å². The Hall–Kier alpha value is -2.08. The van der Waals surface area contributed by atoms with E-state index in [-0.39, 0.29) is 18.4 Å². The second kappa shape index (κ2) is 6.19. The van der Waals surface area contributed by atoms with Gasteiger partial charge in [-0.3, -0.25) is 15.0 Å². The van der Waals surface area contributed by atoms with E-state index in [1.165, 1.54) is 0 Å². The van der Waals surface area contributed by atoms with Crippen LogP contribution in [-0.2, 0) is 16.0 Å². The molecule has 0 unspecified atom stereocenters. The van der Waals surface area contributed by atoms with E-state index in [1.54, 1.807) is 7.05 Å². The molecule has 1 aromatic rings. The smallest absolute Gasteiger partial charge is 0.262 e. The maximum Gasteiger partial charge on any atom is 0.262 e. The summed E-state index contributed by atoms with van der Waals surface area (Å²) in [5.74, 6) is 0.520. The molecule has 0 fully saturated rings. The van der Waals surface area contributed by atoms with Crippen molar-refractivity contribution < 1.29 is 14.3 Å². The van der Waals surface area contributed by atoms with Crippen LogP contribution in [0.4, 0.5) is 5.69 Å². The quantitative estimate of drug-likeness (QED) is 0.679. The zero-order chi connectivity index (χ0) is 13.7. The largest absolute Gasteiger partial charge is 0.482 e. The summed E-state index contributed by atoms with van der Waals surface area (Å²) < 4.78 is 5.28. The summed E-state index contributed by atoms with van der Waals surface area (Å²) in [7, 11) is 1.66. The van der Waals surface area contributed by atoms with Crippen LogP contribution in [0, 0.1) is 0 Å². The van der Waals surface area contributed by atoms with Gasteiger partial charge in [-0.2, -0.15) is 0 Å². The Labute approximate surface area is 111 Å². The fourth-order valence-electron chi connectivity index (χ4n) is 1.94. The van der Waals surface area contributed by atoms with Gasteiger partial charge >= 0.3 is 0 Å². The SMILES string of the molecule is CNNC(=O)CCCc1ccc2c(c1)NC(=O)CO2. The Morgan fingerprint density at radius 2 is 2.32 bits per heavy atom. The highest BCUT2D eigenvalue weighted by atomic mass is 16.5. The lowest BCUT2D eigenvalue weighted by Gasteiger charge is -2.18. The number of aryl methyl sites for hydroxylation is 1. The average molecular weight is 263 g/mol. The van der Waals surface area contributed by atoms with E-state index in [2.05, 4.69) is 16.2 Å². The molecule has 0 radical (unpaired) electrons. The van der Waals surface area contributed by atoms with E-state index >= 15 is 0 Å². The van der Waals surface area contributed by atoms with Crippen LogP contribution in [0.3, 0.4) is 0 Å². The third-order valence-corrected chi connectivity index (χ3v) is 2.81. The van der Waals surface area contributed by atoms with E-state index < -0.39 is 0 Å². The van der Waals surface area contributed by atoms with Crippen LogP contribution >= 0.6 is 0 Å². The molecule has 0 atom stereocenters. The number of hydrogen-bond donors (Lipinski definition) is 3. The first-order valence-electron chi connectivity index (χ1n) is 6.20. The minimum absolute atomic E-state index is 0.0305. The lowest BCUT2D eigenvalue weighted by atomic mass is 10.1.